The number of methoxy groups -OCH3 is 2. The minimum Gasteiger partial charge on any atom is -0.497 e. The van der Waals surface area contributed by atoms with Crippen molar-refractivity contribution in [2.24, 2.45) is 0 Å². The highest BCUT2D eigenvalue weighted by Gasteiger charge is 2.21. The molecule has 0 unspecified atom stereocenters. The van der Waals surface area contributed by atoms with Gasteiger partial charge < -0.3 is 29.8 Å². The third-order valence-corrected chi connectivity index (χ3v) is 4.57. The summed E-state index contributed by atoms with van der Waals surface area (Å²) in [5.41, 5.74) is 0.975. The van der Waals surface area contributed by atoms with Crippen LogP contribution in [0.25, 0.3) is 0 Å². The number of para-hydroxylation sites is 1. The van der Waals surface area contributed by atoms with E-state index in [1.54, 1.807) is 48.5 Å². The van der Waals surface area contributed by atoms with Crippen LogP contribution in [0, 0.1) is 0 Å². The van der Waals surface area contributed by atoms with E-state index < -0.39 is 23.8 Å². The first-order valence-corrected chi connectivity index (χ1v) is 9.70. The number of carbonyl (C=O) groups excluding carboxylic acids is 3. The second kappa shape index (κ2) is 10.2. The molecule has 9 nitrogen and oxygen atoms in total. The predicted molar refractivity (Wildman–Crippen MR) is 118 cm³/mol. The second-order valence-corrected chi connectivity index (χ2v) is 6.73. The molecular weight excluding hydrogens is 414 g/mol. The van der Waals surface area contributed by atoms with Gasteiger partial charge in [-0.2, -0.15) is 0 Å². The maximum atomic E-state index is 12.9. The summed E-state index contributed by atoms with van der Waals surface area (Å²) >= 11 is 0. The summed E-state index contributed by atoms with van der Waals surface area (Å²) < 4.78 is 15.5. The van der Waals surface area contributed by atoms with Gasteiger partial charge in [0.25, 0.3) is 11.8 Å². The Morgan fingerprint density at radius 1 is 0.875 bits per heavy atom. The molecule has 0 saturated carbocycles. The Morgan fingerprint density at radius 3 is 2.34 bits per heavy atom. The summed E-state index contributed by atoms with van der Waals surface area (Å²) in [5.74, 6) is -0.358. The molecule has 1 atom stereocenters. The SMILES string of the molecule is COc1ccc(NC(=O)c2ccccc2NC(=O)[C@H](C)NC(=O)c2ccco2)c(OC)c1. The molecule has 0 aliphatic rings. The van der Waals surface area contributed by atoms with Crippen molar-refractivity contribution < 1.29 is 28.3 Å². The number of ether oxygens (including phenoxy) is 2. The molecule has 1 heterocycles. The fourth-order valence-electron chi connectivity index (χ4n) is 2.86. The maximum Gasteiger partial charge on any atom is 0.287 e. The molecule has 166 valence electrons. The van der Waals surface area contributed by atoms with Crippen molar-refractivity contribution in [1.82, 2.24) is 5.32 Å². The van der Waals surface area contributed by atoms with Crippen molar-refractivity contribution in [2.45, 2.75) is 13.0 Å². The van der Waals surface area contributed by atoms with E-state index in [2.05, 4.69) is 16.0 Å². The number of furan rings is 1. The van der Waals surface area contributed by atoms with Crippen LogP contribution in [-0.4, -0.2) is 38.0 Å². The van der Waals surface area contributed by atoms with E-state index in [4.69, 9.17) is 13.9 Å². The first-order valence-electron chi connectivity index (χ1n) is 9.70. The second-order valence-electron chi connectivity index (χ2n) is 6.73. The zero-order valence-electron chi connectivity index (χ0n) is 17.8. The quantitative estimate of drug-likeness (QED) is 0.498. The summed E-state index contributed by atoms with van der Waals surface area (Å²) in [6.07, 6.45) is 1.37. The zero-order valence-corrected chi connectivity index (χ0v) is 17.8. The monoisotopic (exact) mass is 437 g/mol. The van der Waals surface area contributed by atoms with Gasteiger partial charge in [0.2, 0.25) is 5.91 Å². The molecule has 0 saturated heterocycles. The summed E-state index contributed by atoms with van der Waals surface area (Å²) in [4.78, 5) is 37.6. The van der Waals surface area contributed by atoms with E-state index in [-0.39, 0.29) is 11.3 Å². The van der Waals surface area contributed by atoms with Gasteiger partial charge >= 0.3 is 0 Å². The molecule has 0 spiro atoms. The fourth-order valence-corrected chi connectivity index (χ4v) is 2.86. The van der Waals surface area contributed by atoms with Gasteiger partial charge in [-0.05, 0) is 43.3 Å². The molecule has 0 radical (unpaired) electrons. The van der Waals surface area contributed by atoms with E-state index in [0.29, 0.717) is 22.9 Å². The average molecular weight is 437 g/mol. The third kappa shape index (κ3) is 5.25. The molecule has 0 aliphatic carbocycles. The first kappa shape index (κ1) is 22.4. The van der Waals surface area contributed by atoms with Crippen LogP contribution in [0.3, 0.4) is 0 Å². The Morgan fingerprint density at radius 2 is 1.66 bits per heavy atom. The maximum absolute atomic E-state index is 12.9. The Kier molecular flexibility index (Phi) is 7.12. The van der Waals surface area contributed by atoms with Crippen molar-refractivity contribution in [3.63, 3.8) is 0 Å². The summed E-state index contributed by atoms with van der Waals surface area (Å²) in [6.45, 7) is 1.53. The smallest absolute Gasteiger partial charge is 0.287 e. The lowest BCUT2D eigenvalue weighted by molar-refractivity contribution is -0.117. The Bertz CT molecular complexity index is 1110. The van der Waals surface area contributed by atoms with Crippen molar-refractivity contribution in [3.8, 4) is 11.5 Å². The van der Waals surface area contributed by atoms with Crippen LogP contribution in [0.2, 0.25) is 0 Å². The van der Waals surface area contributed by atoms with Crippen LogP contribution in [0.4, 0.5) is 11.4 Å². The number of nitrogens with one attached hydrogen (secondary N) is 3. The van der Waals surface area contributed by atoms with E-state index in [9.17, 15) is 14.4 Å². The lowest BCUT2D eigenvalue weighted by Gasteiger charge is -2.16. The molecule has 0 bridgehead atoms. The molecule has 3 N–H and O–H groups in total. The number of amides is 3. The summed E-state index contributed by atoms with van der Waals surface area (Å²) in [7, 11) is 3.01. The highest BCUT2D eigenvalue weighted by molar-refractivity contribution is 6.11. The topological polar surface area (TPSA) is 119 Å². The molecule has 0 fully saturated rings. The van der Waals surface area contributed by atoms with Gasteiger partial charge in [0.05, 0.1) is 37.4 Å². The van der Waals surface area contributed by atoms with Gasteiger partial charge in [0, 0.05) is 6.07 Å². The van der Waals surface area contributed by atoms with Gasteiger partial charge in [-0.3, -0.25) is 14.4 Å². The Hall–Kier alpha value is -4.27. The van der Waals surface area contributed by atoms with Crippen LogP contribution in [0.15, 0.2) is 65.3 Å². The molecular formula is C23H23N3O6. The molecule has 32 heavy (non-hydrogen) atoms. The largest absolute Gasteiger partial charge is 0.497 e. The molecule has 3 rings (SSSR count). The standard InChI is InChI=1S/C23H23N3O6/c1-14(24-23(29)19-9-6-12-32-19)21(27)25-17-8-5-4-7-16(17)22(28)26-18-11-10-15(30-2)13-20(18)31-3/h4-14H,1-3H3,(H,24,29)(H,25,27)(H,26,28)/t14-/m0/s1. The minimum atomic E-state index is -0.870. The lowest BCUT2D eigenvalue weighted by atomic mass is 10.1. The van der Waals surface area contributed by atoms with Crippen molar-refractivity contribution in [1.29, 1.82) is 0 Å². The number of anilines is 2. The van der Waals surface area contributed by atoms with E-state index in [1.807, 2.05) is 0 Å². The fraction of sp³-hybridized carbons (Fsp3) is 0.174. The van der Waals surface area contributed by atoms with Crippen molar-refractivity contribution in [2.75, 3.05) is 24.9 Å². The van der Waals surface area contributed by atoms with E-state index >= 15 is 0 Å². The van der Waals surface area contributed by atoms with Crippen LogP contribution in [0.1, 0.15) is 27.8 Å². The summed E-state index contributed by atoms with van der Waals surface area (Å²) in [6, 6.07) is 13.7. The van der Waals surface area contributed by atoms with Crippen LogP contribution < -0.4 is 25.4 Å². The molecule has 3 amide bonds. The lowest BCUT2D eigenvalue weighted by Crippen LogP contribution is -2.41. The van der Waals surface area contributed by atoms with Gasteiger partial charge in [-0.1, -0.05) is 12.1 Å². The van der Waals surface area contributed by atoms with E-state index in [0.717, 1.165) is 0 Å². The van der Waals surface area contributed by atoms with Gasteiger partial charge in [0.15, 0.2) is 5.76 Å². The summed E-state index contributed by atoms with van der Waals surface area (Å²) in [5, 5.41) is 7.99. The normalized spacial score (nSPS) is 11.2. The average Bonchev–Trinajstić information content (AvgIpc) is 3.34. The van der Waals surface area contributed by atoms with Crippen LogP contribution in [-0.2, 0) is 4.79 Å². The number of carbonyl (C=O) groups is 3. The highest BCUT2D eigenvalue weighted by atomic mass is 16.5. The molecule has 0 aliphatic heterocycles. The van der Waals surface area contributed by atoms with Gasteiger partial charge in [0.1, 0.15) is 17.5 Å². The van der Waals surface area contributed by atoms with E-state index in [1.165, 1.54) is 33.5 Å². The minimum absolute atomic E-state index is 0.0952. The van der Waals surface area contributed by atoms with Crippen LogP contribution >= 0.6 is 0 Å². The first-order chi connectivity index (χ1) is 15.4. The van der Waals surface area contributed by atoms with Crippen LogP contribution in [0.5, 0.6) is 11.5 Å². The predicted octanol–water partition coefficient (Wildman–Crippen LogP) is 3.31. The molecule has 3 aromatic rings. The number of benzene rings is 2. The Labute approximate surface area is 184 Å². The molecule has 1 aromatic heterocycles. The van der Waals surface area contributed by atoms with Crippen molar-refractivity contribution in [3.05, 3.63) is 72.2 Å². The van der Waals surface area contributed by atoms with Gasteiger partial charge in [-0.15, -0.1) is 0 Å². The Balaban J connectivity index is 1.72. The molecule has 2 aromatic carbocycles. The third-order valence-electron chi connectivity index (χ3n) is 4.57. The zero-order chi connectivity index (χ0) is 23.1. The number of rotatable bonds is 8. The van der Waals surface area contributed by atoms with Gasteiger partial charge in [-0.25, -0.2) is 0 Å². The highest BCUT2D eigenvalue weighted by Crippen LogP contribution is 2.30. The number of hydrogen-bond donors (Lipinski definition) is 3. The van der Waals surface area contributed by atoms with Crippen molar-refractivity contribution >= 4 is 29.1 Å². The molecule has 9 heteroatoms. The number of hydrogen-bond acceptors (Lipinski definition) is 6.